The highest BCUT2D eigenvalue weighted by Crippen LogP contribution is 2.36. The van der Waals surface area contributed by atoms with Gasteiger partial charge in [0.05, 0.1) is 16.9 Å². The molecular weight excluding hydrogens is 376 g/mol. The summed E-state index contributed by atoms with van der Waals surface area (Å²) < 4.78 is 11.5. The Kier molecular flexibility index (Phi) is 5.66. The van der Waals surface area contributed by atoms with Crippen LogP contribution in [0.5, 0.6) is 11.5 Å². The van der Waals surface area contributed by atoms with E-state index >= 15 is 0 Å². The predicted molar refractivity (Wildman–Crippen MR) is 117 cm³/mol. The molecule has 2 unspecified atom stereocenters. The summed E-state index contributed by atoms with van der Waals surface area (Å²) in [5, 5.41) is 1.46. The average molecular weight is 400 g/mol. The number of carbonyl (C=O) groups excluding carboxylic acids is 2. The van der Waals surface area contributed by atoms with Crippen LogP contribution in [0, 0.1) is 18.8 Å². The first-order valence-corrected chi connectivity index (χ1v) is 10.2. The summed E-state index contributed by atoms with van der Waals surface area (Å²) in [4.78, 5) is 25.5. The average Bonchev–Trinajstić information content (AvgIpc) is 2.74. The van der Waals surface area contributed by atoms with E-state index in [1.807, 2.05) is 50.2 Å². The standard InChI is InChI=1S/C26H24O4/c1-17-13-15-20(16-14-17)25(27)29-22-11-5-8-19-9-6-12-23(24(19)22)30-26(28)21-10-4-3-7-18(21)2/h3,5-9,11-16,18,21H,4,10H2,1-2H3. The number of benzene rings is 3. The zero-order valence-corrected chi connectivity index (χ0v) is 17.1. The van der Waals surface area contributed by atoms with E-state index in [9.17, 15) is 9.59 Å². The molecule has 0 amide bonds. The van der Waals surface area contributed by atoms with Crippen LogP contribution >= 0.6 is 0 Å². The maximum absolute atomic E-state index is 12.8. The highest BCUT2D eigenvalue weighted by molar-refractivity contribution is 5.99. The highest BCUT2D eigenvalue weighted by Gasteiger charge is 2.27. The van der Waals surface area contributed by atoms with Crippen molar-refractivity contribution in [2.24, 2.45) is 11.8 Å². The van der Waals surface area contributed by atoms with E-state index in [0.29, 0.717) is 22.4 Å². The number of ether oxygens (including phenoxy) is 2. The number of allylic oxidation sites excluding steroid dienone is 2. The quantitative estimate of drug-likeness (QED) is 0.312. The van der Waals surface area contributed by atoms with E-state index in [1.165, 1.54) is 0 Å². The van der Waals surface area contributed by atoms with E-state index in [1.54, 1.807) is 24.3 Å². The number of hydrogen-bond donors (Lipinski definition) is 0. The second-order valence-corrected chi connectivity index (χ2v) is 7.76. The molecule has 0 spiro atoms. The maximum Gasteiger partial charge on any atom is 0.343 e. The molecule has 4 rings (SSSR count). The molecule has 0 saturated heterocycles. The summed E-state index contributed by atoms with van der Waals surface area (Å²) in [5.41, 5.74) is 1.53. The van der Waals surface area contributed by atoms with Gasteiger partial charge in [-0.15, -0.1) is 0 Å². The Morgan fingerprint density at radius 1 is 0.900 bits per heavy atom. The van der Waals surface area contributed by atoms with Gasteiger partial charge in [-0.1, -0.05) is 61.0 Å². The molecule has 0 fully saturated rings. The number of hydrogen-bond acceptors (Lipinski definition) is 4. The fourth-order valence-corrected chi connectivity index (χ4v) is 3.79. The molecule has 2 atom stereocenters. The molecule has 152 valence electrons. The molecule has 0 saturated carbocycles. The van der Waals surface area contributed by atoms with Crippen molar-refractivity contribution in [3.8, 4) is 11.5 Å². The lowest BCUT2D eigenvalue weighted by molar-refractivity contribution is -0.140. The zero-order valence-electron chi connectivity index (χ0n) is 17.1. The lowest BCUT2D eigenvalue weighted by Gasteiger charge is -2.23. The smallest absolute Gasteiger partial charge is 0.343 e. The van der Waals surface area contributed by atoms with Gasteiger partial charge in [-0.25, -0.2) is 4.79 Å². The predicted octanol–water partition coefficient (Wildman–Crippen LogP) is 5.88. The minimum absolute atomic E-state index is 0.139. The summed E-state index contributed by atoms with van der Waals surface area (Å²) in [6.07, 6.45) is 5.82. The molecule has 0 heterocycles. The maximum atomic E-state index is 12.8. The first-order chi connectivity index (χ1) is 14.5. The Morgan fingerprint density at radius 3 is 2.23 bits per heavy atom. The molecule has 1 aliphatic rings. The first kappa shape index (κ1) is 19.9. The molecule has 4 heteroatoms. The van der Waals surface area contributed by atoms with E-state index in [4.69, 9.17) is 9.47 Å². The highest BCUT2D eigenvalue weighted by atomic mass is 16.5. The number of carbonyl (C=O) groups is 2. The molecule has 0 bridgehead atoms. The normalized spacial score (nSPS) is 18.2. The van der Waals surface area contributed by atoms with Crippen molar-refractivity contribution in [3.63, 3.8) is 0 Å². The van der Waals surface area contributed by atoms with E-state index in [-0.39, 0.29) is 17.8 Å². The van der Waals surface area contributed by atoms with Gasteiger partial charge >= 0.3 is 11.9 Å². The Labute approximate surface area is 176 Å². The van der Waals surface area contributed by atoms with Crippen molar-refractivity contribution in [3.05, 3.63) is 83.9 Å². The largest absolute Gasteiger partial charge is 0.425 e. The Bertz CT molecular complexity index is 1110. The lowest BCUT2D eigenvalue weighted by atomic mass is 9.85. The summed E-state index contributed by atoms with van der Waals surface area (Å²) in [6, 6.07) is 18.1. The third-order valence-electron chi connectivity index (χ3n) is 5.55. The number of fused-ring (bicyclic) bond motifs is 1. The van der Waals surface area contributed by atoms with Crippen LogP contribution < -0.4 is 9.47 Å². The van der Waals surface area contributed by atoms with Crippen molar-refractivity contribution in [1.82, 2.24) is 0 Å². The van der Waals surface area contributed by atoms with Gasteiger partial charge in [0.2, 0.25) is 0 Å². The van der Waals surface area contributed by atoms with Crippen molar-refractivity contribution in [1.29, 1.82) is 0 Å². The first-order valence-electron chi connectivity index (χ1n) is 10.2. The molecule has 1 aliphatic carbocycles. The van der Waals surface area contributed by atoms with Gasteiger partial charge in [0.25, 0.3) is 0 Å². The van der Waals surface area contributed by atoms with Crippen molar-refractivity contribution >= 4 is 22.7 Å². The summed E-state index contributed by atoms with van der Waals surface area (Å²) in [5.74, 6) is 0.0471. The SMILES string of the molecule is Cc1ccc(C(=O)Oc2cccc3cccc(OC(=O)C4CCC=CC4C)c23)cc1. The van der Waals surface area contributed by atoms with Crippen LogP contribution in [0.1, 0.15) is 35.7 Å². The fourth-order valence-electron chi connectivity index (χ4n) is 3.79. The van der Waals surface area contributed by atoms with Crippen molar-refractivity contribution in [2.75, 3.05) is 0 Å². The van der Waals surface area contributed by atoms with Crippen molar-refractivity contribution < 1.29 is 19.1 Å². The van der Waals surface area contributed by atoms with Crippen LogP contribution in [-0.4, -0.2) is 11.9 Å². The fraction of sp³-hybridized carbons (Fsp3) is 0.231. The molecule has 4 nitrogen and oxygen atoms in total. The molecule has 0 aromatic heterocycles. The minimum atomic E-state index is -0.449. The van der Waals surface area contributed by atoms with Gasteiger partial charge in [-0.05, 0) is 55.3 Å². The summed E-state index contributed by atoms with van der Waals surface area (Å²) in [7, 11) is 0. The zero-order chi connectivity index (χ0) is 21.1. The van der Waals surface area contributed by atoms with Gasteiger partial charge in [0.15, 0.2) is 0 Å². The Balaban J connectivity index is 1.64. The van der Waals surface area contributed by atoms with E-state index in [0.717, 1.165) is 23.8 Å². The monoisotopic (exact) mass is 400 g/mol. The van der Waals surface area contributed by atoms with Crippen LogP contribution in [0.15, 0.2) is 72.8 Å². The molecular formula is C26H24O4. The number of rotatable bonds is 4. The van der Waals surface area contributed by atoms with Gasteiger partial charge in [0, 0.05) is 0 Å². The van der Waals surface area contributed by atoms with E-state index < -0.39 is 5.97 Å². The molecule has 0 N–H and O–H groups in total. The second kappa shape index (κ2) is 8.54. The molecule has 3 aromatic rings. The van der Waals surface area contributed by atoms with E-state index in [2.05, 4.69) is 12.2 Å². The summed E-state index contributed by atoms with van der Waals surface area (Å²) in [6.45, 7) is 3.99. The number of aryl methyl sites for hydroxylation is 1. The summed E-state index contributed by atoms with van der Waals surface area (Å²) >= 11 is 0. The Morgan fingerprint density at radius 2 is 1.57 bits per heavy atom. The van der Waals surface area contributed by atoms with Crippen LogP contribution in [0.25, 0.3) is 10.8 Å². The third kappa shape index (κ3) is 4.13. The van der Waals surface area contributed by atoms with Gasteiger partial charge in [0.1, 0.15) is 11.5 Å². The Hall–Kier alpha value is -3.40. The third-order valence-corrected chi connectivity index (χ3v) is 5.55. The molecule has 0 aliphatic heterocycles. The van der Waals surface area contributed by atoms with Crippen molar-refractivity contribution in [2.45, 2.75) is 26.7 Å². The van der Waals surface area contributed by atoms with Crippen LogP contribution in [-0.2, 0) is 4.79 Å². The minimum Gasteiger partial charge on any atom is -0.425 e. The van der Waals surface area contributed by atoms with Gasteiger partial charge in [-0.2, -0.15) is 0 Å². The molecule has 3 aromatic carbocycles. The van der Waals surface area contributed by atoms with Crippen LogP contribution in [0.3, 0.4) is 0 Å². The number of esters is 2. The lowest BCUT2D eigenvalue weighted by Crippen LogP contribution is -2.27. The molecule has 30 heavy (non-hydrogen) atoms. The molecule has 0 radical (unpaired) electrons. The topological polar surface area (TPSA) is 52.6 Å². The van der Waals surface area contributed by atoms with Crippen LogP contribution in [0.4, 0.5) is 0 Å². The van der Waals surface area contributed by atoms with Gasteiger partial charge < -0.3 is 9.47 Å². The second-order valence-electron chi connectivity index (χ2n) is 7.76. The van der Waals surface area contributed by atoms with Crippen LogP contribution in [0.2, 0.25) is 0 Å². The van der Waals surface area contributed by atoms with Gasteiger partial charge in [-0.3, -0.25) is 4.79 Å².